The van der Waals surface area contributed by atoms with E-state index < -0.39 is 0 Å². The average Bonchev–Trinajstić information content (AvgIpc) is 3.41. The van der Waals surface area contributed by atoms with Gasteiger partial charge in [0.05, 0.1) is 17.9 Å². The van der Waals surface area contributed by atoms with E-state index in [1.54, 1.807) is 35.4 Å². The Kier molecular flexibility index (Phi) is 6.80. The maximum atomic E-state index is 13.3. The molecular weight excluding hydrogens is 454 g/mol. The predicted molar refractivity (Wildman–Crippen MR) is 121 cm³/mol. The first kappa shape index (κ1) is 22.3. The van der Waals surface area contributed by atoms with Gasteiger partial charge in [0.1, 0.15) is 10.5 Å². The van der Waals surface area contributed by atoms with E-state index in [2.05, 4.69) is 15.5 Å². The molecule has 12 heteroatoms. The Bertz CT molecular complexity index is 1180. The van der Waals surface area contributed by atoms with Crippen LogP contribution in [0.3, 0.4) is 0 Å². The van der Waals surface area contributed by atoms with Crippen LogP contribution in [0.5, 0.6) is 0 Å². The number of hydrogen-bond acceptors (Lipinski definition) is 9. The van der Waals surface area contributed by atoms with Crippen molar-refractivity contribution in [1.29, 1.82) is 0 Å². The highest BCUT2D eigenvalue weighted by atomic mass is 32.2. The normalized spacial score (nSPS) is 14.6. The van der Waals surface area contributed by atoms with Crippen LogP contribution in [0.15, 0.2) is 32.0 Å². The molecule has 3 aromatic heterocycles. The topological polar surface area (TPSA) is 120 Å². The molecule has 2 amide bonds. The summed E-state index contributed by atoms with van der Waals surface area (Å²) in [6.45, 7) is 4.83. The van der Waals surface area contributed by atoms with Crippen molar-refractivity contribution in [3.63, 3.8) is 0 Å². The molecule has 0 unspecified atom stereocenters. The van der Waals surface area contributed by atoms with Crippen molar-refractivity contribution in [3.05, 3.63) is 33.6 Å². The van der Waals surface area contributed by atoms with E-state index in [0.717, 1.165) is 0 Å². The zero-order valence-electron chi connectivity index (χ0n) is 17.7. The number of rotatable bonds is 6. The summed E-state index contributed by atoms with van der Waals surface area (Å²) in [7, 11) is 0. The van der Waals surface area contributed by atoms with Crippen LogP contribution in [0.4, 0.5) is 10.6 Å². The molecule has 0 atom stereocenters. The van der Waals surface area contributed by atoms with Crippen molar-refractivity contribution in [3.8, 4) is 0 Å². The number of aromatic nitrogens is 3. The smallest absolute Gasteiger partial charge is 0.409 e. The lowest BCUT2D eigenvalue weighted by atomic mass is 10.1. The number of thioether (sulfide) groups is 1. The summed E-state index contributed by atoms with van der Waals surface area (Å²) in [6, 6.07) is 3.32. The van der Waals surface area contributed by atoms with Crippen LogP contribution in [0, 0.1) is 6.92 Å². The molecule has 4 rings (SSSR count). The first-order chi connectivity index (χ1) is 15.5. The molecule has 0 aromatic carbocycles. The lowest BCUT2D eigenvalue weighted by Gasteiger charge is -2.32. The van der Waals surface area contributed by atoms with Gasteiger partial charge < -0.3 is 19.5 Å². The number of fused-ring (bicyclic) bond motifs is 1. The second kappa shape index (κ2) is 9.74. The minimum absolute atomic E-state index is 0.0651. The highest BCUT2D eigenvalue weighted by Crippen LogP contribution is 2.29. The number of carbonyl (C=O) groups is 2. The molecule has 1 aliphatic rings. The van der Waals surface area contributed by atoms with Crippen molar-refractivity contribution in [2.24, 2.45) is 0 Å². The third-order valence-electron chi connectivity index (χ3n) is 5.06. The molecule has 1 N–H and O–H groups in total. The van der Waals surface area contributed by atoms with E-state index in [4.69, 9.17) is 9.26 Å². The maximum absolute atomic E-state index is 13.3. The van der Waals surface area contributed by atoms with E-state index >= 15 is 0 Å². The Hall–Kier alpha value is -2.86. The molecule has 0 spiro atoms. The second-order valence-corrected chi connectivity index (χ2v) is 9.14. The first-order valence-electron chi connectivity index (χ1n) is 10.2. The quantitative estimate of drug-likeness (QED) is 0.424. The Labute approximate surface area is 191 Å². The number of carbonyl (C=O) groups excluding carboxylic acids is 2. The number of likely N-dealkylation sites (tertiary alicyclic amines) is 1. The Morgan fingerprint density at radius 1 is 1.38 bits per heavy atom. The third-order valence-corrected chi connectivity index (χ3v) is 6.91. The van der Waals surface area contributed by atoms with Crippen LogP contribution in [-0.4, -0.2) is 57.1 Å². The molecule has 32 heavy (non-hydrogen) atoms. The molecule has 3 aromatic rings. The maximum Gasteiger partial charge on any atom is 0.409 e. The number of anilines is 1. The van der Waals surface area contributed by atoms with Gasteiger partial charge in [0, 0.05) is 25.2 Å². The minimum Gasteiger partial charge on any atom is -0.450 e. The van der Waals surface area contributed by atoms with Crippen LogP contribution in [0.2, 0.25) is 0 Å². The van der Waals surface area contributed by atoms with Crippen LogP contribution in [0.1, 0.15) is 31.6 Å². The number of aryl methyl sites for hydroxylation is 1. The Morgan fingerprint density at radius 2 is 2.16 bits per heavy atom. The minimum atomic E-state index is -0.334. The molecule has 4 heterocycles. The molecule has 1 fully saturated rings. The summed E-state index contributed by atoms with van der Waals surface area (Å²) in [5, 5.41) is 8.75. The number of thiophene rings is 1. The van der Waals surface area contributed by atoms with Crippen molar-refractivity contribution in [1.82, 2.24) is 19.6 Å². The Morgan fingerprint density at radius 3 is 2.84 bits per heavy atom. The van der Waals surface area contributed by atoms with Gasteiger partial charge in [-0.1, -0.05) is 16.9 Å². The molecule has 170 valence electrons. The highest BCUT2D eigenvalue weighted by molar-refractivity contribution is 7.99. The van der Waals surface area contributed by atoms with Crippen LogP contribution < -0.4 is 10.9 Å². The molecule has 0 bridgehead atoms. The molecule has 10 nitrogen and oxygen atoms in total. The van der Waals surface area contributed by atoms with Crippen molar-refractivity contribution in [2.75, 3.05) is 30.8 Å². The highest BCUT2D eigenvalue weighted by Gasteiger charge is 2.28. The van der Waals surface area contributed by atoms with Crippen molar-refractivity contribution in [2.45, 2.75) is 37.9 Å². The van der Waals surface area contributed by atoms with E-state index in [9.17, 15) is 14.4 Å². The average molecular weight is 478 g/mol. The lowest BCUT2D eigenvalue weighted by molar-refractivity contribution is -0.113. The standard InChI is InChI=1S/C20H23N5O5S2/c1-3-29-20(28)24-7-4-13(5-8-24)25-18(27)17-14(6-9-31-17)21-19(25)32-11-16(26)22-15-10-12(2)30-23-15/h6,9-10,13H,3-5,7-8,11H2,1-2H3,(H,22,23,26). The zero-order chi connectivity index (χ0) is 22.7. The SMILES string of the molecule is CCOC(=O)N1CCC(n2c(SCC(=O)Nc3cc(C)on3)nc3ccsc3c2=O)CC1. The molecule has 0 aliphatic carbocycles. The van der Waals surface area contributed by atoms with Gasteiger partial charge in [0.2, 0.25) is 5.91 Å². The van der Waals surface area contributed by atoms with Gasteiger partial charge in [0.25, 0.3) is 5.56 Å². The molecule has 1 aliphatic heterocycles. The number of ether oxygens (including phenoxy) is 1. The largest absolute Gasteiger partial charge is 0.450 e. The molecule has 0 saturated carbocycles. The predicted octanol–water partition coefficient (Wildman–Crippen LogP) is 3.28. The fraction of sp³-hybridized carbons (Fsp3) is 0.450. The number of nitrogens with zero attached hydrogens (tertiary/aromatic N) is 4. The monoisotopic (exact) mass is 477 g/mol. The van der Waals surface area contributed by atoms with Crippen LogP contribution in [0.25, 0.3) is 10.2 Å². The van der Waals surface area contributed by atoms with Crippen molar-refractivity contribution < 1.29 is 18.8 Å². The van der Waals surface area contributed by atoms with Gasteiger partial charge in [-0.2, -0.15) is 0 Å². The fourth-order valence-corrected chi connectivity index (χ4v) is 5.22. The van der Waals surface area contributed by atoms with E-state index in [1.165, 1.54) is 23.1 Å². The Balaban J connectivity index is 1.52. The fourth-order valence-electron chi connectivity index (χ4n) is 3.58. The zero-order valence-corrected chi connectivity index (χ0v) is 19.3. The second-order valence-electron chi connectivity index (χ2n) is 7.28. The number of piperidine rings is 1. The summed E-state index contributed by atoms with van der Waals surface area (Å²) >= 11 is 2.56. The lowest BCUT2D eigenvalue weighted by Crippen LogP contribution is -2.41. The summed E-state index contributed by atoms with van der Waals surface area (Å²) in [5.74, 6) is 0.737. The molecule has 0 radical (unpaired) electrons. The number of hydrogen-bond donors (Lipinski definition) is 1. The number of amides is 2. The van der Waals surface area contributed by atoms with Gasteiger partial charge in [-0.3, -0.25) is 14.2 Å². The molecule has 1 saturated heterocycles. The third kappa shape index (κ3) is 4.80. The van der Waals surface area contributed by atoms with Crippen LogP contribution >= 0.6 is 23.1 Å². The van der Waals surface area contributed by atoms with E-state index in [0.29, 0.717) is 59.5 Å². The number of nitrogens with one attached hydrogen (secondary N) is 1. The summed E-state index contributed by atoms with van der Waals surface area (Å²) < 4.78 is 12.3. The van der Waals surface area contributed by atoms with Crippen molar-refractivity contribution >= 4 is 51.1 Å². The van der Waals surface area contributed by atoms with Gasteiger partial charge in [-0.25, -0.2) is 9.78 Å². The summed E-state index contributed by atoms with van der Waals surface area (Å²) in [4.78, 5) is 44.0. The van der Waals surface area contributed by atoms with Crippen LogP contribution in [-0.2, 0) is 9.53 Å². The summed E-state index contributed by atoms with van der Waals surface area (Å²) in [5.41, 5.74) is 0.505. The van der Waals surface area contributed by atoms with Gasteiger partial charge in [-0.05, 0) is 38.1 Å². The molecular formula is C20H23N5O5S2. The van der Waals surface area contributed by atoms with Gasteiger partial charge >= 0.3 is 6.09 Å². The first-order valence-corrected chi connectivity index (χ1v) is 12.1. The van der Waals surface area contributed by atoms with E-state index in [-0.39, 0.29) is 29.4 Å². The van der Waals surface area contributed by atoms with E-state index in [1.807, 2.05) is 5.38 Å². The van der Waals surface area contributed by atoms with Gasteiger partial charge in [0.15, 0.2) is 11.0 Å². The van der Waals surface area contributed by atoms with Gasteiger partial charge in [-0.15, -0.1) is 11.3 Å². The summed E-state index contributed by atoms with van der Waals surface area (Å²) in [6.07, 6.45) is 0.879.